The van der Waals surface area contributed by atoms with Gasteiger partial charge < -0.3 is 4.90 Å². The van der Waals surface area contributed by atoms with Gasteiger partial charge in [0.2, 0.25) is 15.9 Å². The van der Waals surface area contributed by atoms with Gasteiger partial charge in [-0.3, -0.25) is 4.79 Å². The van der Waals surface area contributed by atoms with Crippen molar-refractivity contribution in [3.05, 3.63) is 12.7 Å². The van der Waals surface area contributed by atoms with Crippen LogP contribution in [-0.2, 0) is 14.8 Å². The summed E-state index contributed by atoms with van der Waals surface area (Å²) >= 11 is 0. The Morgan fingerprint density at radius 2 is 1.81 bits per heavy atom. The highest BCUT2D eigenvalue weighted by Crippen LogP contribution is 2.00. The molecule has 0 heterocycles. The third-order valence-corrected chi connectivity index (χ3v) is 3.45. The molecule has 0 saturated carbocycles. The number of likely N-dealkylation sites (N-methyl/N-ethyl adjacent to an activating group) is 1. The van der Waals surface area contributed by atoms with E-state index in [1.165, 1.54) is 6.08 Å². The van der Waals surface area contributed by atoms with E-state index in [1.807, 2.05) is 13.8 Å². The molecule has 0 rings (SSSR count). The van der Waals surface area contributed by atoms with Crippen molar-refractivity contribution in [2.24, 2.45) is 0 Å². The van der Waals surface area contributed by atoms with Crippen LogP contribution >= 0.6 is 0 Å². The number of rotatable bonds is 7. The molecule has 0 aliphatic carbocycles. The minimum Gasteiger partial charge on any atom is -0.342 e. The van der Waals surface area contributed by atoms with Crippen molar-refractivity contribution >= 4 is 15.9 Å². The molecular weight excluding hydrogens is 228 g/mol. The lowest BCUT2D eigenvalue weighted by atomic mass is 10.4. The van der Waals surface area contributed by atoms with Crippen LogP contribution in [0.3, 0.4) is 0 Å². The van der Waals surface area contributed by atoms with Crippen LogP contribution in [-0.4, -0.2) is 56.0 Å². The van der Waals surface area contributed by atoms with Gasteiger partial charge >= 0.3 is 0 Å². The molecule has 0 aliphatic heterocycles. The van der Waals surface area contributed by atoms with Crippen LogP contribution in [0.4, 0.5) is 0 Å². The molecule has 0 saturated heterocycles. The monoisotopic (exact) mass is 248 g/mol. The van der Waals surface area contributed by atoms with Gasteiger partial charge in [-0.1, -0.05) is 6.08 Å². The Morgan fingerprint density at radius 1 is 1.31 bits per heavy atom. The fraction of sp³-hybridized carbons (Fsp3) is 0.700. The Bertz CT molecular complexity index is 334. The summed E-state index contributed by atoms with van der Waals surface area (Å²) in [5.74, 6) is -0.183. The molecule has 6 heteroatoms. The molecule has 0 aromatic heterocycles. The maximum Gasteiger partial charge on any atom is 0.237 e. The number of carbonyl (C=O) groups is 1. The molecule has 1 amide bonds. The molecule has 5 nitrogen and oxygen atoms in total. The average Bonchev–Trinajstić information content (AvgIpc) is 2.17. The Hall–Kier alpha value is -0.880. The lowest BCUT2D eigenvalue weighted by Crippen LogP contribution is -2.42. The molecule has 0 bridgehead atoms. The summed E-state index contributed by atoms with van der Waals surface area (Å²) < 4.78 is 23.8. The zero-order chi connectivity index (χ0) is 12.8. The molecular formula is C10H20N2O3S. The Balaban J connectivity index is 4.64. The van der Waals surface area contributed by atoms with E-state index in [-0.39, 0.29) is 19.0 Å². The predicted molar refractivity (Wildman–Crippen MR) is 64.5 cm³/mol. The maximum absolute atomic E-state index is 11.7. The highest BCUT2D eigenvalue weighted by Gasteiger charge is 2.20. The number of hydrogen-bond acceptors (Lipinski definition) is 3. The third-order valence-electron chi connectivity index (χ3n) is 2.23. The van der Waals surface area contributed by atoms with Crippen LogP contribution in [0.1, 0.15) is 13.8 Å². The van der Waals surface area contributed by atoms with E-state index in [0.717, 1.165) is 10.6 Å². The van der Waals surface area contributed by atoms with E-state index in [2.05, 4.69) is 6.58 Å². The van der Waals surface area contributed by atoms with Gasteiger partial charge in [0.1, 0.15) is 0 Å². The Kier molecular flexibility index (Phi) is 6.28. The summed E-state index contributed by atoms with van der Waals surface area (Å²) in [5, 5.41) is 0. The quantitative estimate of drug-likeness (QED) is 0.609. The summed E-state index contributed by atoms with van der Waals surface area (Å²) in [7, 11) is -3.36. The number of sulfonamides is 1. The SMILES string of the molecule is C=CCN(CC(=O)N(CC)CC)S(C)(=O)=O. The Morgan fingerprint density at radius 3 is 2.12 bits per heavy atom. The molecule has 0 radical (unpaired) electrons. The first-order valence-corrected chi connectivity index (χ1v) is 7.05. The predicted octanol–water partition coefficient (Wildman–Crippen LogP) is 0.302. The maximum atomic E-state index is 11.7. The second-order valence-electron chi connectivity index (χ2n) is 3.41. The summed E-state index contributed by atoms with van der Waals surface area (Å²) in [6, 6.07) is 0. The third kappa shape index (κ3) is 4.76. The van der Waals surface area contributed by atoms with Gasteiger partial charge in [-0.25, -0.2) is 8.42 Å². The van der Waals surface area contributed by atoms with Crippen LogP contribution in [0.5, 0.6) is 0 Å². The van der Waals surface area contributed by atoms with Gasteiger partial charge in [-0.15, -0.1) is 6.58 Å². The molecule has 0 aromatic carbocycles. The fourth-order valence-electron chi connectivity index (χ4n) is 1.29. The van der Waals surface area contributed by atoms with E-state index >= 15 is 0 Å². The van der Waals surface area contributed by atoms with Crippen molar-refractivity contribution in [3.63, 3.8) is 0 Å². The molecule has 0 aliphatic rings. The van der Waals surface area contributed by atoms with Crippen molar-refractivity contribution in [3.8, 4) is 0 Å². The van der Waals surface area contributed by atoms with Crippen LogP contribution in [0.2, 0.25) is 0 Å². The molecule has 16 heavy (non-hydrogen) atoms. The van der Waals surface area contributed by atoms with Crippen molar-refractivity contribution in [1.82, 2.24) is 9.21 Å². The zero-order valence-corrected chi connectivity index (χ0v) is 11.0. The minimum absolute atomic E-state index is 0.119. The highest BCUT2D eigenvalue weighted by atomic mass is 32.2. The first kappa shape index (κ1) is 15.1. The van der Waals surface area contributed by atoms with Crippen LogP contribution in [0, 0.1) is 0 Å². The molecule has 0 aromatic rings. The van der Waals surface area contributed by atoms with E-state index in [1.54, 1.807) is 4.90 Å². The van der Waals surface area contributed by atoms with Crippen molar-refractivity contribution in [1.29, 1.82) is 0 Å². The normalized spacial score (nSPS) is 11.5. The summed E-state index contributed by atoms with van der Waals surface area (Å²) in [6.07, 6.45) is 2.56. The molecule has 0 N–H and O–H groups in total. The van der Waals surface area contributed by atoms with Gasteiger partial charge in [0.25, 0.3) is 0 Å². The highest BCUT2D eigenvalue weighted by molar-refractivity contribution is 7.88. The Labute approximate surface area is 97.8 Å². The van der Waals surface area contributed by atoms with Gasteiger partial charge in [-0.2, -0.15) is 4.31 Å². The number of amides is 1. The molecule has 94 valence electrons. The van der Waals surface area contributed by atoms with Crippen molar-refractivity contribution < 1.29 is 13.2 Å². The second kappa shape index (κ2) is 6.65. The van der Waals surface area contributed by atoms with E-state index < -0.39 is 10.0 Å². The van der Waals surface area contributed by atoms with E-state index in [9.17, 15) is 13.2 Å². The van der Waals surface area contributed by atoms with Gasteiger partial charge in [0.15, 0.2) is 0 Å². The van der Waals surface area contributed by atoms with Gasteiger partial charge in [0, 0.05) is 19.6 Å². The van der Waals surface area contributed by atoms with E-state index in [4.69, 9.17) is 0 Å². The first-order chi connectivity index (χ1) is 7.36. The van der Waals surface area contributed by atoms with Crippen molar-refractivity contribution in [2.75, 3.05) is 32.4 Å². The molecule has 0 atom stereocenters. The largest absolute Gasteiger partial charge is 0.342 e. The van der Waals surface area contributed by atoms with E-state index in [0.29, 0.717) is 13.1 Å². The summed E-state index contributed by atoms with van der Waals surface area (Å²) in [4.78, 5) is 13.3. The first-order valence-electron chi connectivity index (χ1n) is 5.20. The van der Waals surface area contributed by atoms with Crippen molar-refractivity contribution in [2.45, 2.75) is 13.8 Å². The standard InChI is InChI=1S/C10H20N2O3S/c1-5-8-12(16(4,14)15)9-10(13)11(6-2)7-3/h5H,1,6-9H2,2-4H3. The minimum atomic E-state index is -3.36. The lowest BCUT2D eigenvalue weighted by Gasteiger charge is -2.23. The average molecular weight is 248 g/mol. The van der Waals surface area contributed by atoms with Crippen LogP contribution in [0.25, 0.3) is 0 Å². The molecule has 0 fully saturated rings. The topological polar surface area (TPSA) is 57.7 Å². The van der Waals surface area contributed by atoms with Crippen LogP contribution in [0.15, 0.2) is 12.7 Å². The summed E-state index contributed by atoms with van der Waals surface area (Å²) in [5.41, 5.74) is 0. The molecule has 0 unspecified atom stereocenters. The molecule has 0 spiro atoms. The van der Waals surface area contributed by atoms with Crippen LogP contribution < -0.4 is 0 Å². The smallest absolute Gasteiger partial charge is 0.237 e. The zero-order valence-electron chi connectivity index (χ0n) is 10.1. The summed E-state index contributed by atoms with van der Waals surface area (Å²) in [6.45, 7) is 8.41. The number of hydrogen-bond donors (Lipinski definition) is 0. The lowest BCUT2D eigenvalue weighted by molar-refractivity contribution is -0.130. The second-order valence-corrected chi connectivity index (χ2v) is 5.39. The van der Waals surface area contributed by atoms with Gasteiger partial charge in [-0.05, 0) is 13.8 Å². The number of nitrogens with zero attached hydrogens (tertiary/aromatic N) is 2. The number of carbonyl (C=O) groups excluding carboxylic acids is 1. The van der Waals surface area contributed by atoms with Gasteiger partial charge in [0.05, 0.1) is 12.8 Å². The fourth-order valence-corrected chi connectivity index (χ4v) is 2.01.